The van der Waals surface area contributed by atoms with E-state index in [1.807, 2.05) is 18.2 Å². The van der Waals surface area contributed by atoms with Crippen LogP contribution in [0, 0.1) is 5.92 Å². The van der Waals surface area contributed by atoms with Crippen LogP contribution in [0.1, 0.15) is 5.56 Å². The van der Waals surface area contributed by atoms with Gasteiger partial charge in [-0.15, -0.1) is 0 Å². The largest absolute Gasteiger partial charge is 0.493 e. The van der Waals surface area contributed by atoms with Crippen molar-refractivity contribution < 1.29 is 14.6 Å². The van der Waals surface area contributed by atoms with Gasteiger partial charge in [0.15, 0.2) is 11.5 Å². The number of methoxy groups -OCH3 is 2. The molecule has 0 saturated heterocycles. The zero-order valence-electron chi connectivity index (χ0n) is 9.77. The van der Waals surface area contributed by atoms with Crippen molar-refractivity contribution in [3.05, 3.63) is 23.8 Å². The number of nitrogens with two attached hydrogens (primary N) is 1. The van der Waals surface area contributed by atoms with Gasteiger partial charge in [-0.05, 0) is 36.6 Å². The van der Waals surface area contributed by atoms with Crippen molar-refractivity contribution in [2.45, 2.75) is 6.42 Å². The summed E-state index contributed by atoms with van der Waals surface area (Å²) in [6.07, 6.45) is 0.743. The van der Waals surface area contributed by atoms with E-state index >= 15 is 0 Å². The van der Waals surface area contributed by atoms with Gasteiger partial charge in [0, 0.05) is 6.61 Å². The molecular formula is C12H19NO3. The molecule has 1 atom stereocenters. The Morgan fingerprint density at radius 1 is 1.25 bits per heavy atom. The fourth-order valence-corrected chi connectivity index (χ4v) is 1.56. The van der Waals surface area contributed by atoms with Gasteiger partial charge in [-0.2, -0.15) is 0 Å². The van der Waals surface area contributed by atoms with Crippen molar-refractivity contribution in [2.24, 2.45) is 11.7 Å². The van der Waals surface area contributed by atoms with E-state index in [0.29, 0.717) is 18.0 Å². The van der Waals surface area contributed by atoms with Crippen LogP contribution in [0.4, 0.5) is 0 Å². The molecule has 0 aromatic heterocycles. The predicted molar refractivity (Wildman–Crippen MR) is 62.9 cm³/mol. The Balaban J connectivity index is 2.82. The number of hydrogen-bond donors (Lipinski definition) is 2. The summed E-state index contributed by atoms with van der Waals surface area (Å²) in [6, 6.07) is 5.73. The summed E-state index contributed by atoms with van der Waals surface area (Å²) in [5, 5.41) is 9.08. The molecule has 0 bridgehead atoms. The topological polar surface area (TPSA) is 64.7 Å². The number of hydrogen-bond acceptors (Lipinski definition) is 4. The van der Waals surface area contributed by atoms with E-state index in [9.17, 15) is 0 Å². The second kappa shape index (κ2) is 6.35. The molecule has 0 aliphatic heterocycles. The van der Waals surface area contributed by atoms with Crippen molar-refractivity contribution in [3.8, 4) is 11.5 Å². The maximum Gasteiger partial charge on any atom is 0.160 e. The molecule has 0 fully saturated rings. The highest BCUT2D eigenvalue weighted by atomic mass is 16.5. The standard InChI is InChI=1S/C12H19NO3/c1-15-11-4-3-9(6-12(11)16-2)5-10(7-13)8-14/h3-4,6,10,14H,5,7-8,13H2,1-2H3/t10-/m1/s1. The first-order valence-corrected chi connectivity index (χ1v) is 5.27. The van der Waals surface area contributed by atoms with Gasteiger partial charge in [0.05, 0.1) is 14.2 Å². The molecular weight excluding hydrogens is 206 g/mol. The SMILES string of the molecule is COc1ccc(C[C@H](CN)CO)cc1OC. The first-order valence-electron chi connectivity index (χ1n) is 5.27. The van der Waals surface area contributed by atoms with Crippen LogP contribution in [0.3, 0.4) is 0 Å². The quantitative estimate of drug-likeness (QED) is 0.752. The zero-order chi connectivity index (χ0) is 12.0. The fraction of sp³-hybridized carbons (Fsp3) is 0.500. The van der Waals surface area contributed by atoms with E-state index in [-0.39, 0.29) is 12.5 Å². The molecule has 0 amide bonds. The lowest BCUT2D eigenvalue weighted by Crippen LogP contribution is -2.20. The van der Waals surface area contributed by atoms with Crippen LogP contribution in [0.2, 0.25) is 0 Å². The molecule has 1 aromatic rings. The number of ether oxygens (including phenoxy) is 2. The summed E-state index contributed by atoms with van der Waals surface area (Å²) in [5.41, 5.74) is 6.63. The summed E-state index contributed by atoms with van der Waals surface area (Å²) in [7, 11) is 3.21. The molecule has 0 aliphatic rings. The van der Waals surface area contributed by atoms with Crippen LogP contribution in [-0.2, 0) is 6.42 Å². The Kier molecular flexibility index (Phi) is 5.08. The summed E-state index contributed by atoms with van der Waals surface area (Å²) in [4.78, 5) is 0. The molecule has 90 valence electrons. The third-order valence-electron chi connectivity index (χ3n) is 2.56. The summed E-state index contributed by atoms with van der Waals surface area (Å²) >= 11 is 0. The lowest BCUT2D eigenvalue weighted by atomic mass is 10.00. The molecule has 0 unspecified atom stereocenters. The number of aliphatic hydroxyl groups excluding tert-OH is 1. The van der Waals surface area contributed by atoms with Gasteiger partial charge in [-0.25, -0.2) is 0 Å². The molecule has 0 spiro atoms. The van der Waals surface area contributed by atoms with E-state index in [1.165, 1.54) is 0 Å². The Bertz CT molecular complexity index is 324. The lowest BCUT2D eigenvalue weighted by Gasteiger charge is -2.13. The molecule has 16 heavy (non-hydrogen) atoms. The molecule has 4 nitrogen and oxygen atoms in total. The molecule has 3 N–H and O–H groups in total. The van der Waals surface area contributed by atoms with Crippen LogP contribution in [0.15, 0.2) is 18.2 Å². The number of benzene rings is 1. The minimum absolute atomic E-state index is 0.0955. The predicted octanol–water partition coefficient (Wildman–Crippen LogP) is 0.814. The van der Waals surface area contributed by atoms with Gasteiger partial charge in [-0.1, -0.05) is 6.07 Å². The minimum Gasteiger partial charge on any atom is -0.493 e. The van der Waals surface area contributed by atoms with Gasteiger partial charge in [0.1, 0.15) is 0 Å². The van der Waals surface area contributed by atoms with E-state index < -0.39 is 0 Å². The van der Waals surface area contributed by atoms with E-state index in [4.69, 9.17) is 20.3 Å². The van der Waals surface area contributed by atoms with Crippen molar-refractivity contribution in [1.29, 1.82) is 0 Å². The summed E-state index contributed by atoms with van der Waals surface area (Å²) in [5.74, 6) is 1.51. The number of rotatable bonds is 6. The van der Waals surface area contributed by atoms with Gasteiger partial charge < -0.3 is 20.3 Å². The molecule has 1 rings (SSSR count). The van der Waals surface area contributed by atoms with Gasteiger partial charge in [-0.3, -0.25) is 0 Å². The van der Waals surface area contributed by atoms with Gasteiger partial charge >= 0.3 is 0 Å². The molecule has 4 heteroatoms. The van der Waals surface area contributed by atoms with Crippen LogP contribution in [-0.4, -0.2) is 32.5 Å². The summed E-state index contributed by atoms with van der Waals surface area (Å²) < 4.78 is 10.4. The average Bonchev–Trinajstić information content (AvgIpc) is 2.35. The maximum absolute atomic E-state index is 9.08. The Morgan fingerprint density at radius 2 is 1.94 bits per heavy atom. The summed E-state index contributed by atoms with van der Waals surface area (Å²) in [6.45, 7) is 0.579. The third kappa shape index (κ3) is 3.12. The zero-order valence-corrected chi connectivity index (χ0v) is 9.77. The van der Waals surface area contributed by atoms with Crippen molar-refractivity contribution in [2.75, 3.05) is 27.4 Å². The second-order valence-electron chi connectivity index (χ2n) is 3.68. The Hall–Kier alpha value is -1.26. The molecule has 0 saturated carbocycles. The molecule has 0 radical (unpaired) electrons. The van der Waals surface area contributed by atoms with E-state index in [0.717, 1.165) is 12.0 Å². The highest BCUT2D eigenvalue weighted by Crippen LogP contribution is 2.28. The molecule has 0 aliphatic carbocycles. The third-order valence-corrected chi connectivity index (χ3v) is 2.56. The van der Waals surface area contributed by atoms with Gasteiger partial charge in [0.2, 0.25) is 0 Å². The Labute approximate surface area is 96.0 Å². The van der Waals surface area contributed by atoms with E-state index in [1.54, 1.807) is 14.2 Å². The smallest absolute Gasteiger partial charge is 0.160 e. The highest BCUT2D eigenvalue weighted by Gasteiger charge is 2.09. The van der Waals surface area contributed by atoms with E-state index in [2.05, 4.69) is 0 Å². The van der Waals surface area contributed by atoms with Crippen LogP contribution >= 0.6 is 0 Å². The van der Waals surface area contributed by atoms with Crippen LogP contribution in [0.25, 0.3) is 0 Å². The Morgan fingerprint density at radius 3 is 2.44 bits per heavy atom. The van der Waals surface area contributed by atoms with Crippen LogP contribution < -0.4 is 15.2 Å². The maximum atomic E-state index is 9.08. The lowest BCUT2D eigenvalue weighted by molar-refractivity contribution is 0.229. The normalized spacial score (nSPS) is 12.2. The van der Waals surface area contributed by atoms with Crippen molar-refractivity contribution >= 4 is 0 Å². The van der Waals surface area contributed by atoms with Gasteiger partial charge in [0.25, 0.3) is 0 Å². The van der Waals surface area contributed by atoms with Crippen molar-refractivity contribution in [3.63, 3.8) is 0 Å². The molecule has 1 aromatic carbocycles. The monoisotopic (exact) mass is 225 g/mol. The first-order chi connectivity index (χ1) is 7.74. The van der Waals surface area contributed by atoms with Crippen molar-refractivity contribution in [1.82, 2.24) is 0 Å². The average molecular weight is 225 g/mol. The van der Waals surface area contributed by atoms with Crippen LogP contribution in [0.5, 0.6) is 11.5 Å². The highest BCUT2D eigenvalue weighted by molar-refractivity contribution is 5.42. The fourth-order valence-electron chi connectivity index (χ4n) is 1.56. The second-order valence-corrected chi connectivity index (χ2v) is 3.68. The first kappa shape index (κ1) is 12.8. The number of aliphatic hydroxyl groups is 1. The molecule has 0 heterocycles. The minimum atomic E-state index is 0.0955.